The van der Waals surface area contributed by atoms with Gasteiger partial charge in [0.25, 0.3) is 0 Å². The predicted octanol–water partition coefficient (Wildman–Crippen LogP) is 2.76. The van der Waals surface area contributed by atoms with Crippen molar-refractivity contribution in [3.8, 4) is 0 Å². The van der Waals surface area contributed by atoms with Crippen LogP contribution in [0.3, 0.4) is 0 Å². The lowest BCUT2D eigenvalue weighted by Gasteiger charge is -2.28. The summed E-state index contributed by atoms with van der Waals surface area (Å²) in [6, 6.07) is 15.0. The number of carbonyl (C=O) groups is 2. The molecule has 1 aromatic heterocycles. The molecule has 0 amide bonds. The highest BCUT2D eigenvalue weighted by Crippen LogP contribution is 2.37. The van der Waals surface area contributed by atoms with Gasteiger partial charge in [-0.05, 0) is 28.1 Å². The Labute approximate surface area is 164 Å². The van der Waals surface area contributed by atoms with Crippen molar-refractivity contribution < 1.29 is 14.3 Å². The number of halogens is 1. The number of nitrogens with zero attached hydrogens (tertiary/aromatic N) is 4. The zero-order valence-electron chi connectivity index (χ0n) is 14.7. The Hall–Kier alpha value is -3.52. The molecule has 0 radical (unpaired) electrons. The number of Topliss-reactive ketones (excluding diaryl/α,β-unsaturated/α-hetero) is 1. The molecular formula is C19H14ClN5O3. The molecule has 0 aliphatic carbocycles. The molecule has 1 atom stereocenters. The van der Waals surface area contributed by atoms with Gasteiger partial charge in [0.1, 0.15) is 0 Å². The molecule has 1 aliphatic rings. The Kier molecular flexibility index (Phi) is 4.62. The molecule has 4 rings (SSSR count). The molecule has 1 N–H and O–H groups in total. The molecule has 2 heterocycles. The van der Waals surface area contributed by atoms with Crippen molar-refractivity contribution in [2.75, 3.05) is 12.4 Å². The Morgan fingerprint density at radius 3 is 2.50 bits per heavy atom. The van der Waals surface area contributed by atoms with Gasteiger partial charge >= 0.3 is 5.97 Å². The highest BCUT2D eigenvalue weighted by atomic mass is 35.5. The second-order valence-electron chi connectivity index (χ2n) is 5.99. The zero-order chi connectivity index (χ0) is 19.7. The van der Waals surface area contributed by atoms with E-state index in [1.165, 1.54) is 11.8 Å². The topological polar surface area (TPSA) is 99.0 Å². The average Bonchev–Trinajstić information content (AvgIpc) is 3.21. The van der Waals surface area contributed by atoms with Crippen molar-refractivity contribution in [1.29, 1.82) is 0 Å². The number of esters is 1. The van der Waals surface area contributed by atoms with Gasteiger partial charge in [0.15, 0.2) is 11.5 Å². The van der Waals surface area contributed by atoms with Gasteiger partial charge in [-0.15, -0.1) is 0 Å². The van der Waals surface area contributed by atoms with Crippen LogP contribution in [0, 0.1) is 0 Å². The molecule has 0 spiro atoms. The summed E-state index contributed by atoms with van der Waals surface area (Å²) < 4.78 is 6.10. The first kappa shape index (κ1) is 17.9. The summed E-state index contributed by atoms with van der Waals surface area (Å²) in [6.45, 7) is 0. The molecule has 1 aliphatic heterocycles. The first-order valence-corrected chi connectivity index (χ1v) is 8.71. The largest absolute Gasteiger partial charge is 0.464 e. The number of methoxy groups -OCH3 is 1. The second kappa shape index (κ2) is 7.24. The predicted molar refractivity (Wildman–Crippen MR) is 102 cm³/mol. The van der Waals surface area contributed by atoms with Crippen LogP contribution in [0.1, 0.15) is 22.0 Å². The lowest BCUT2D eigenvalue weighted by Crippen LogP contribution is -2.31. The van der Waals surface area contributed by atoms with Crippen LogP contribution in [0.15, 0.2) is 60.2 Å². The highest BCUT2D eigenvalue weighted by Gasteiger charge is 2.38. The summed E-state index contributed by atoms with van der Waals surface area (Å²) in [5.74, 6) is -0.826. The summed E-state index contributed by atoms with van der Waals surface area (Å²) >= 11 is 6.00. The number of benzene rings is 2. The monoisotopic (exact) mass is 395 g/mol. The number of hydrogen-bond acceptors (Lipinski definition) is 7. The van der Waals surface area contributed by atoms with Crippen molar-refractivity contribution >= 4 is 35.0 Å². The zero-order valence-corrected chi connectivity index (χ0v) is 15.4. The number of ether oxygens (including phenoxy) is 1. The molecule has 140 valence electrons. The third-order valence-electron chi connectivity index (χ3n) is 4.36. The SMILES string of the molecule is COC(=O)C1=C(C(=O)c2ccccc2)[C@@H](c2ccc(Cl)cc2)Nc2nnnn21. The van der Waals surface area contributed by atoms with E-state index in [1.54, 1.807) is 48.5 Å². The Morgan fingerprint density at radius 1 is 1.11 bits per heavy atom. The highest BCUT2D eigenvalue weighted by molar-refractivity contribution is 6.30. The normalized spacial score (nSPS) is 15.6. The van der Waals surface area contributed by atoms with Gasteiger partial charge in [-0.2, -0.15) is 4.68 Å². The van der Waals surface area contributed by atoms with Crippen molar-refractivity contribution in [3.63, 3.8) is 0 Å². The summed E-state index contributed by atoms with van der Waals surface area (Å²) in [4.78, 5) is 26.0. The quantitative estimate of drug-likeness (QED) is 0.535. The van der Waals surface area contributed by atoms with E-state index in [-0.39, 0.29) is 23.0 Å². The van der Waals surface area contributed by atoms with Gasteiger partial charge in [-0.3, -0.25) is 4.79 Å². The van der Waals surface area contributed by atoms with Crippen LogP contribution in [-0.4, -0.2) is 39.1 Å². The van der Waals surface area contributed by atoms with Crippen molar-refractivity contribution in [1.82, 2.24) is 20.2 Å². The first-order valence-electron chi connectivity index (χ1n) is 8.33. The number of rotatable bonds is 4. The molecule has 0 saturated carbocycles. The lowest BCUT2D eigenvalue weighted by molar-refractivity contribution is -0.134. The van der Waals surface area contributed by atoms with Crippen LogP contribution in [0.25, 0.3) is 5.70 Å². The van der Waals surface area contributed by atoms with Gasteiger partial charge in [0, 0.05) is 10.6 Å². The van der Waals surface area contributed by atoms with Crippen LogP contribution in [0.2, 0.25) is 5.02 Å². The minimum absolute atomic E-state index is 0.0324. The third kappa shape index (κ3) is 3.03. The van der Waals surface area contributed by atoms with Crippen molar-refractivity contribution in [2.45, 2.75) is 6.04 Å². The smallest absolute Gasteiger partial charge is 0.357 e. The van der Waals surface area contributed by atoms with E-state index in [9.17, 15) is 9.59 Å². The fraction of sp³-hybridized carbons (Fsp3) is 0.105. The molecule has 28 heavy (non-hydrogen) atoms. The molecule has 8 nitrogen and oxygen atoms in total. The molecule has 0 saturated heterocycles. The Balaban J connectivity index is 1.96. The summed E-state index contributed by atoms with van der Waals surface area (Å²) in [7, 11) is 1.24. The molecule has 9 heteroatoms. The first-order chi connectivity index (χ1) is 13.6. The lowest BCUT2D eigenvalue weighted by atomic mass is 9.89. The van der Waals surface area contributed by atoms with Crippen molar-refractivity contribution in [2.24, 2.45) is 0 Å². The number of aromatic nitrogens is 4. The Morgan fingerprint density at radius 2 is 1.82 bits per heavy atom. The van der Waals surface area contributed by atoms with Gasteiger partial charge in [-0.1, -0.05) is 59.2 Å². The number of fused-ring (bicyclic) bond motifs is 1. The van der Waals surface area contributed by atoms with Crippen molar-refractivity contribution in [3.05, 3.63) is 76.3 Å². The van der Waals surface area contributed by atoms with E-state index in [0.29, 0.717) is 10.6 Å². The second-order valence-corrected chi connectivity index (χ2v) is 6.43. The summed E-state index contributed by atoms with van der Waals surface area (Å²) in [5.41, 5.74) is 1.30. The third-order valence-corrected chi connectivity index (χ3v) is 4.61. The van der Waals surface area contributed by atoms with Gasteiger partial charge in [-0.25, -0.2) is 4.79 Å². The van der Waals surface area contributed by atoms with Crippen LogP contribution >= 0.6 is 11.6 Å². The number of anilines is 1. The summed E-state index contributed by atoms with van der Waals surface area (Å²) in [5, 5.41) is 15.0. The van der Waals surface area contributed by atoms with Gasteiger partial charge < -0.3 is 10.1 Å². The molecule has 3 aromatic rings. The minimum atomic E-state index is -0.715. The number of nitrogens with one attached hydrogen (secondary N) is 1. The minimum Gasteiger partial charge on any atom is -0.464 e. The standard InChI is InChI=1S/C19H14ClN5O3/c1-28-18(27)16-14(17(26)12-5-3-2-4-6-12)15(11-7-9-13(20)10-8-11)21-19-22-23-24-25(16)19/h2-10,15H,1H3,(H,21,22,24)/t15-/m1/s1. The fourth-order valence-electron chi connectivity index (χ4n) is 3.06. The van der Waals surface area contributed by atoms with Crippen LogP contribution in [0.4, 0.5) is 5.95 Å². The van der Waals surface area contributed by atoms with Gasteiger partial charge in [0.05, 0.1) is 18.7 Å². The number of ketones is 1. The molecule has 2 aromatic carbocycles. The molecule has 0 unspecified atom stereocenters. The van der Waals surface area contributed by atoms with E-state index in [2.05, 4.69) is 20.8 Å². The maximum absolute atomic E-state index is 13.4. The van der Waals surface area contributed by atoms with E-state index in [1.807, 2.05) is 6.07 Å². The van der Waals surface area contributed by atoms with Crippen LogP contribution in [-0.2, 0) is 9.53 Å². The fourth-order valence-corrected chi connectivity index (χ4v) is 3.19. The van der Waals surface area contributed by atoms with E-state index < -0.39 is 12.0 Å². The maximum Gasteiger partial charge on any atom is 0.357 e. The van der Waals surface area contributed by atoms with E-state index >= 15 is 0 Å². The molecular weight excluding hydrogens is 382 g/mol. The Bertz CT molecular complexity index is 1080. The molecule has 0 bridgehead atoms. The maximum atomic E-state index is 13.4. The number of hydrogen-bond donors (Lipinski definition) is 1. The van der Waals surface area contributed by atoms with Crippen LogP contribution in [0.5, 0.6) is 0 Å². The molecule has 0 fully saturated rings. The van der Waals surface area contributed by atoms with Crippen LogP contribution < -0.4 is 5.32 Å². The number of tetrazole rings is 1. The number of carbonyl (C=O) groups excluding carboxylic acids is 2. The van der Waals surface area contributed by atoms with E-state index in [4.69, 9.17) is 16.3 Å². The van der Waals surface area contributed by atoms with E-state index in [0.717, 1.165) is 5.56 Å². The van der Waals surface area contributed by atoms with Gasteiger partial charge in [0.2, 0.25) is 5.95 Å². The summed E-state index contributed by atoms with van der Waals surface area (Å²) in [6.07, 6.45) is 0. The average molecular weight is 396 g/mol.